The fraction of sp³-hybridized carbons (Fsp3) is 0.440. The summed E-state index contributed by atoms with van der Waals surface area (Å²) in [6.07, 6.45) is 0.986. The first-order chi connectivity index (χ1) is 16.9. The van der Waals surface area contributed by atoms with Gasteiger partial charge in [0, 0.05) is 5.25 Å². The molecule has 0 saturated heterocycles. The Morgan fingerprint density at radius 2 is 1.94 bits per heavy atom. The van der Waals surface area contributed by atoms with Gasteiger partial charge in [-0.05, 0) is 54.5 Å². The van der Waals surface area contributed by atoms with E-state index in [0.717, 1.165) is 12.0 Å². The second-order valence-corrected chi connectivity index (χ2v) is 11.2. The van der Waals surface area contributed by atoms with E-state index in [1.807, 2.05) is 19.9 Å². The van der Waals surface area contributed by atoms with E-state index in [2.05, 4.69) is 10.1 Å². The fourth-order valence-electron chi connectivity index (χ4n) is 4.66. The van der Waals surface area contributed by atoms with E-state index in [1.54, 1.807) is 6.08 Å². The van der Waals surface area contributed by atoms with Crippen LogP contribution in [0.3, 0.4) is 0 Å². The van der Waals surface area contributed by atoms with Gasteiger partial charge >= 0.3 is 12.3 Å². The van der Waals surface area contributed by atoms with Crippen LogP contribution in [0.5, 0.6) is 5.75 Å². The molecule has 1 fully saturated rings. The van der Waals surface area contributed by atoms with Gasteiger partial charge in [-0.3, -0.25) is 4.79 Å². The number of fused-ring (bicyclic) bond motifs is 1. The summed E-state index contributed by atoms with van der Waals surface area (Å²) in [6.45, 7) is 3.67. The van der Waals surface area contributed by atoms with Crippen LogP contribution in [0.15, 0.2) is 57.7 Å². The third-order valence-electron chi connectivity index (χ3n) is 6.86. The SMILES string of the molecule is CC1=C(Cl)SC2C=CC(C(=O)N[C@H](C(=O)O)C3(C)CCC3)=C(OCc3ccc(OC(F)(F)F)cc3)C12. The third-order valence-corrected chi connectivity index (χ3v) is 8.65. The predicted octanol–water partition coefficient (Wildman–Crippen LogP) is 5.89. The number of rotatable bonds is 8. The van der Waals surface area contributed by atoms with Crippen molar-refractivity contribution in [1.29, 1.82) is 0 Å². The van der Waals surface area contributed by atoms with Crippen LogP contribution in [0.2, 0.25) is 0 Å². The smallest absolute Gasteiger partial charge is 0.492 e. The Bertz CT molecular complexity index is 1140. The van der Waals surface area contributed by atoms with Crippen LogP contribution in [0.25, 0.3) is 0 Å². The maximum Gasteiger partial charge on any atom is 0.573 e. The lowest BCUT2D eigenvalue weighted by Crippen LogP contribution is -2.54. The number of carbonyl (C=O) groups is 2. The van der Waals surface area contributed by atoms with Crippen molar-refractivity contribution in [3.8, 4) is 5.75 Å². The molecule has 1 heterocycles. The molecule has 2 aliphatic carbocycles. The average molecular weight is 544 g/mol. The minimum Gasteiger partial charge on any atom is -0.492 e. The lowest BCUT2D eigenvalue weighted by molar-refractivity contribution is -0.274. The highest BCUT2D eigenvalue weighted by Gasteiger charge is 2.46. The molecule has 0 aromatic heterocycles. The van der Waals surface area contributed by atoms with Gasteiger partial charge in [-0.15, -0.1) is 24.9 Å². The zero-order chi connectivity index (χ0) is 26.3. The molecule has 1 saturated carbocycles. The Morgan fingerprint density at radius 3 is 2.50 bits per heavy atom. The average Bonchev–Trinajstić information content (AvgIpc) is 3.07. The summed E-state index contributed by atoms with van der Waals surface area (Å²) < 4.78 is 47.9. The zero-order valence-electron chi connectivity index (χ0n) is 19.5. The lowest BCUT2D eigenvalue weighted by Gasteiger charge is -2.43. The molecule has 194 valence electrons. The van der Waals surface area contributed by atoms with Crippen molar-refractivity contribution in [3.63, 3.8) is 0 Å². The van der Waals surface area contributed by atoms with E-state index >= 15 is 0 Å². The number of halogens is 4. The molecular formula is C25H25ClF3NO5S. The summed E-state index contributed by atoms with van der Waals surface area (Å²) in [5, 5.41) is 12.4. The van der Waals surface area contributed by atoms with E-state index in [0.29, 0.717) is 28.5 Å². The van der Waals surface area contributed by atoms with Gasteiger partial charge in [0.1, 0.15) is 24.2 Å². The third kappa shape index (κ3) is 5.54. The molecule has 3 atom stereocenters. The summed E-state index contributed by atoms with van der Waals surface area (Å²) in [4.78, 5) is 25.3. The number of aliphatic carboxylic acids is 1. The Balaban J connectivity index is 1.58. The van der Waals surface area contributed by atoms with Crippen LogP contribution in [0.4, 0.5) is 13.2 Å². The molecule has 6 nitrogen and oxygen atoms in total. The molecule has 1 aromatic rings. The summed E-state index contributed by atoms with van der Waals surface area (Å²) in [6, 6.07) is 4.20. The molecule has 3 aliphatic rings. The standard InChI is InChI=1S/C25H25ClF3NO5S/c1-13-18-17(36-21(13)26)9-8-16(22(31)30-20(23(32)33)24(2)10-3-11-24)19(18)34-12-14-4-6-15(7-5-14)35-25(27,28)29/h4-9,17-18,20H,3,10-12H2,1-2H3,(H,30,31)(H,32,33)/t17?,18?,20-/m1/s1. The first kappa shape index (κ1) is 26.5. The highest BCUT2D eigenvalue weighted by molar-refractivity contribution is 8.05. The van der Waals surface area contributed by atoms with E-state index in [1.165, 1.54) is 36.0 Å². The molecular weight excluding hydrogens is 519 g/mol. The lowest BCUT2D eigenvalue weighted by atomic mass is 9.65. The minimum atomic E-state index is -4.79. The van der Waals surface area contributed by atoms with Crippen molar-refractivity contribution < 1.29 is 37.3 Å². The largest absolute Gasteiger partial charge is 0.573 e. The van der Waals surface area contributed by atoms with Crippen molar-refractivity contribution >= 4 is 35.2 Å². The number of alkyl halides is 3. The van der Waals surface area contributed by atoms with Crippen molar-refractivity contribution in [3.05, 3.63) is 63.3 Å². The number of carbonyl (C=O) groups excluding carboxylic acids is 1. The molecule has 36 heavy (non-hydrogen) atoms. The van der Waals surface area contributed by atoms with Gasteiger partial charge in [0.05, 0.1) is 15.9 Å². The summed E-state index contributed by atoms with van der Waals surface area (Å²) in [5.74, 6) is -1.99. The number of allylic oxidation sites excluding steroid dienone is 1. The molecule has 0 spiro atoms. The minimum absolute atomic E-state index is 0.0227. The molecule has 4 rings (SSSR count). The molecule has 11 heteroatoms. The number of amides is 1. The first-order valence-corrected chi connectivity index (χ1v) is 12.6. The Kier molecular flexibility index (Phi) is 7.39. The van der Waals surface area contributed by atoms with Gasteiger partial charge in [-0.1, -0.05) is 43.2 Å². The maximum atomic E-state index is 13.3. The second kappa shape index (κ2) is 10.0. The van der Waals surface area contributed by atoms with Crippen LogP contribution in [-0.4, -0.2) is 34.6 Å². The molecule has 0 bridgehead atoms. The van der Waals surface area contributed by atoms with Gasteiger partial charge in [-0.25, -0.2) is 4.79 Å². The monoisotopic (exact) mass is 543 g/mol. The van der Waals surface area contributed by atoms with Crippen molar-refractivity contribution in [2.24, 2.45) is 11.3 Å². The molecule has 0 radical (unpaired) electrons. The number of carboxylic acid groups (broad SMARTS) is 1. The highest BCUT2D eigenvalue weighted by atomic mass is 35.5. The van der Waals surface area contributed by atoms with E-state index in [4.69, 9.17) is 16.3 Å². The number of nitrogens with one attached hydrogen (secondary N) is 1. The van der Waals surface area contributed by atoms with Crippen molar-refractivity contribution in [1.82, 2.24) is 5.32 Å². The van der Waals surface area contributed by atoms with E-state index in [-0.39, 0.29) is 29.1 Å². The maximum absolute atomic E-state index is 13.3. The Hall–Kier alpha value is -2.59. The van der Waals surface area contributed by atoms with Gasteiger partial charge < -0.3 is 19.9 Å². The molecule has 1 aliphatic heterocycles. The van der Waals surface area contributed by atoms with Crippen LogP contribution in [-0.2, 0) is 20.9 Å². The van der Waals surface area contributed by atoms with Crippen LogP contribution >= 0.6 is 23.4 Å². The molecule has 2 N–H and O–H groups in total. The van der Waals surface area contributed by atoms with Crippen LogP contribution in [0.1, 0.15) is 38.7 Å². The number of benzene rings is 1. The number of hydrogen-bond acceptors (Lipinski definition) is 5. The Labute approximate surface area is 215 Å². The fourth-order valence-corrected chi connectivity index (χ4v) is 6.25. The zero-order valence-corrected chi connectivity index (χ0v) is 21.1. The van der Waals surface area contributed by atoms with E-state index in [9.17, 15) is 27.9 Å². The van der Waals surface area contributed by atoms with Gasteiger partial charge in [-0.2, -0.15) is 0 Å². The number of thioether (sulfide) groups is 1. The Morgan fingerprint density at radius 1 is 1.28 bits per heavy atom. The highest BCUT2D eigenvalue weighted by Crippen LogP contribution is 2.50. The second-order valence-electron chi connectivity index (χ2n) is 9.39. The summed E-state index contributed by atoms with van der Waals surface area (Å²) in [7, 11) is 0. The van der Waals surface area contributed by atoms with Crippen molar-refractivity contribution in [2.45, 2.75) is 57.4 Å². The van der Waals surface area contributed by atoms with Gasteiger partial charge in [0.25, 0.3) is 5.91 Å². The number of ether oxygens (including phenoxy) is 2. The van der Waals surface area contributed by atoms with Crippen LogP contribution in [0, 0.1) is 11.3 Å². The summed E-state index contributed by atoms with van der Waals surface area (Å²) >= 11 is 7.81. The number of carboxylic acids is 1. The quantitative estimate of drug-likeness (QED) is 0.425. The van der Waals surface area contributed by atoms with E-state index < -0.39 is 29.7 Å². The normalized spacial score (nSPS) is 23.6. The predicted molar refractivity (Wildman–Crippen MR) is 129 cm³/mol. The molecule has 1 aromatic carbocycles. The molecule has 2 unspecified atom stereocenters. The number of hydrogen-bond donors (Lipinski definition) is 2. The van der Waals surface area contributed by atoms with Gasteiger partial charge in [0.2, 0.25) is 0 Å². The molecule has 1 amide bonds. The van der Waals surface area contributed by atoms with Crippen molar-refractivity contribution in [2.75, 3.05) is 0 Å². The summed E-state index contributed by atoms with van der Waals surface area (Å²) in [5.41, 5.74) is 1.07. The van der Waals surface area contributed by atoms with Crippen LogP contribution < -0.4 is 10.1 Å². The topological polar surface area (TPSA) is 84.9 Å². The first-order valence-electron chi connectivity index (χ1n) is 11.3. The van der Waals surface area contributed by atoms with Gasteiger partial charge in [0.15, 0.2) is 0 Å².